The number of likely N-dealkylation sites (tertiary alicyclic amines) is 2. The lowest BCUT2D eigenvalue weighted by atomic mass is 9.81. The molecule has 3 saturated heterocycles. The minimum atomic E-state index is -0.817. The Morgan fingerprint density at radius 1 is 0.931 bits per heavy atom. The number of carbonyl (C=O) groups is 1. The average Bonchev–Trinajstić information content (AvgIpc) is 3.47. The summed E-state index contributed by atoms with van der Waals surface area (Å²) in [7, 11) is 0. The van der Waals surface area contributed by atoms with Gasteiger partial charge in [0.1, 0.15) is 6.33 Å². The summed E-state index contributed by atoms with van der Waals surface area (Å²) in [6.45, 7) is 5.47. The van der Waals surface area contributed by atoms with Crippen LogP contribution in [-0.4, -0.2) is 70.2 Å². The van der Waals surface area contributed by atoms with Gasteiger partial charge in [0.05, 0.1) is 16.7 Å². The number of hydrogen-bond acceptors (Lipinski definition) is 5. The van der Waals surface area contributed by atoms with Crippen molar-refractivity contribution in [2.24, 2.45) is 0 Å². The van der Waals surface area contributed by atoms with Crippen molar-refractivity contribution in [1.82, 2.24) is 19.8 Å². The first-order chi connectivity index (χ1) is 14.2. The number of benzene rings is 1. The number of amides is 1. The molecule has 5 rings (SSSR count). The van der Waals surface area contributed by atoms with E-state index in [0.29, 0.717) is 13.1 Å². The Labute approximate surface area is 171 Å². The fourth-order valence-corrected chi connectivity index (χ4v) is 5.50. The molecule has 1 aromatic carbocycles. The molecule has 1 N–H and O–H groups in total. The second-order valence-corrected chi connectivity index (χ2v) is 8.61. The molecule has 0 atom stereocenters. The molecular formula is C22H29N5O2. The molecule has 0 spiro atoms. The minimum absolute atomic E-state index is 0.196. The number of rotatable bonds is 3. The summed E-state index contributed by atoms with van der Waals surface area (Å²) >= 11 is 0. The Kier molecular flexibility index (Phi) is 4.78. The summed E-state index contributed by atoms with van der Waals surface area (Å²) in [4.78, 5) is 27.4. The van der Waals surface area contributed by atoms with Crippen LogP contribution in [0.3, 0.4) is 0 Å². The molecule has 7 heteroatoms. The van der Waals surface area contributed by atoms with Gasteiger partial charge in [0.2, 0.25) is 0 Å². The van der Waals surface area contributed by atoms with E-state index in [-0.39, 0.29) is 5.54 Å². The molecule has 3 fully saturated rings. The van der Waals surface area contributed by atoms with Crippen LogP contribution in [0, 0.1) is 0 Å². The smallest absolute Gasteiger partial charge is 0.407 e. The van der Waals surface area contributed by atoms with Crippen LogP contribution in [0.4, 0.5) is 10.5 Å². The third kappa shape index (κ3) is 3.21. The lowest BCUT2D eigenvalue weighted by Crippen LogP contribution is -2.53. The van der Waals surface area contributed by atoms with Gasteiger partial charge in [-0.05, 0) is 69.8 Å². The molecule has 0 saturated carbocycles. The normalized spacial score (nSPS) is 22.5. The zero-order chi connectivity index (χ0) is 19.8. The molecule has 0 bridgehead atoms. The highest BCUT2D eigenvalue weighted by molar-refractivity contribution is 5.85. The quantitative estimate of drug-likeness (QED) is 0.860. The third-order valence-corrected chi connectivity index (χ3v) is 7.10. The van der Waals surface area contributed by atoms with E-state index in [2.05, 4.69) is 33.0 Å². The molecule has 4 heterocycles. The first-order valence-electron chi connectivity index (χ1n) is 10.9. The van der Waals surface area contributed by atoms with Crippen LogP contribution < -0.4 is 4.90 Å². The minimum Gasteiger partial charge on any atom is -0.465 e. The van der Waals surface area contributed by atoms with Crippen molar-refractivity contribution in [3.8, 4) is 0 Å². The number of aromatic nitrogens is 2. The molecule has 1 amide bonds. The summed E-state index contributed by atoms with van der Waals surface area (Å²) in [6, 6.07) is 6.61. The summed E-state index contributed by atoms with van der Waals surface area (Å²) < 4.78 is 0. The van der Waals surface area contributed by atoms with Crippen molar-refractivity contribution in [1.29, 1.82) is 0 Å². The third-order valence-electron chi connectivity index (χ3n) is 7.10. The topological polar surface area (TPSA) is 72.8 Å². The average molecular weight is 396 g/mol. The summed E-state index contributed by atoms with van der Waals surface area (Å²) in [5, 5.41) is 10.5. The molecule has 2 aromatic rings. The molecule has 7 nitrogen and oxygen atoms in total. The molecule has 29 heavy (non-hydrogen) atoms. The highest BCUT2D eigenvalue weighted by Gasteiger charge is 2.45. The molecule has 154 valence electrons. The van der Waals surface area contributed by atoms with Crippen LogP contribution in [0.2, 0.25) is 0 Å². The molecule has 3 aliphatic rings. The van der Waals surface area contributed by atoms with Crippen molar-refractivity contribution in [3.05, 3.63) is 30.2 Å². The summed E-state index contributed by atoms with van der Waals surface area (Å²) in [5.74, 6) is 0. The van der Waals surface area contributed by atoms with Gasteiger partial charge in [0.15, 0.2) is 0 Å². The van der Waals surface area contributed by atoms with Gasteiger partial charge in [-0.25, -0.2) is 14.8 Å². The Morgan fingerprint density at radius 3 is 2.31 bits per heavy atom. The predicted octanol–water partition coefficient (Wildman–Crippen LogP) is 3.29. The Balaban J connectivity index is 1.56. The Morgan fingerprint density at radius 2 is 1.62 bits per heavy atom. The van der Waals surface area contributed by atoms with E-state index < -0.39 is 6.09 Å². The lowest BCUT2D eigenvalue weighted by molar-refractivity contribution is 0.0338. The van der Waals surface area contributed by atoms with E-state index in [9.17, 15) is 9.90 Å². The second-order valence-electron chi connectivity index (χ2n) is 8.61. The maximum Gasteiger partial charge on any atom is 0.407 e. The zero-order valence-corrected chi connectivity index (χ0v) is 16.9. The highest BCUT2D eigenvalue weighted by atomic mass is 16.4. The number of fused-ring (bicyclic) bond motifs is 1. The highest BCUT2D eigenvalue weighted by Crippen LogP contribution is 2.42. The van der Waals surface area contributed by atoms with Crippen molar-refractivity contribution in [3.63, 3.8) is 0 Å². The van der Waals surface area contributed by atoms with Crippen molar-refractivity contribution < 1.29 is 9.90 Å². The fourth-order valence-electron chi connectivity index (χ4n) is 5.50. The van der Waals surface area contributed by atoms with E-state index in [4.69, 9.17) is 4.98 Å². The van der Waals surface area contributed by atoms with Crippen molar-refractivity contribution in [2.75, 3.05) is 44.2 Å². The van der Waals surface area contributed by atoms with E-state index >= 15 is 0 Å². The molecule has 0 aliphatic carbocycles. The van der Waals surface area contributed by atoms with Crippen LogP contribution in [0.5, 0.6) is 0 Å². The van der Waals surface area contributed by atoms with E-state index in [1.807, 2.05) is 0 Å². The zero-order valence-electron chi connectivity index (χ0n) is 16.9. The second kappa shape index (κ2) is 7.44. The molecular weight excluding hydrogens is 366 g/mol. The van der Waals surface area contributed by atoms with Crippen LogP contribution in [0.25, 0.3) is 10.9 Å². The molecule has 0 unspecified atom stereocenters. The van der Waals surface area contributed by atoms with Crippen LogP contribution in [0.1, 0.15) is 44.2 Å². The van der Waals surface area contributed by atoms with Gasteiger partial charge in [0, 0.05) is 37.3 Å². The lowest BCUT2D eigenvalue weighted by Gasteiger charge is -2.46. The van der Waals surface area contributed by atoms with Gasteiger partial charge in [-0.2, -0.15) is 0 Å². The van der Waals surface area contributed by atoms with Crippen molar-refractivity contribution >= 4 is 22.7 Å². The van der Waals surface area contributed by atoms with E-state index in [0.717, 1.165) is 55.6 Å². The van der Waals surface area contributed by atoms with Gasteiger partial charge in [0.25, 0.3) is 0 Å². The standard InChI is InChI=1S/C22H29N5O2/c28-21(29)26-13-7-22(8-14-26,27-11-3-4-12-27)20-18-6-5-17(25-9-1-2-10-25)15-19(18)23-16-24-20/h5-6,15-16H,1-4,7-14H2,(H,28,29). The molecule has 3 aliphatic heterocycles. The van der Waals surface area contributed by atoms with Crippen LogP contribution in [-0.2, 0) is 5.54 Å². The number of carboxylic acid groups (broad SMARTS) is 1. The van der Waals surface area contributed by atoms with Gasteiger partial charge < -0.3 is 14.9 Å². The van der Waals surface area contributed by atoms with Gasteiger partial charge in [-0.3, -0.25) is 4.90 Å². The van der Waals surface area contributed by atoms with Gasteiger partial charge >= 0.3 is 6.09 Å². The monoisotopic (exact) mass is 395 g/mol. The Bertz CT molecular complexity index is 897. The number of anilines is 1. The maximum atomic E-state index is 11.5. The summed E-state index contributed by atoms with van der Waals surface area (Å²) in [6.07, 6.45) is 7.38. The molecule has 0 radical (unpaired) electrons. The largest absolute Gasteiger partial charge is 0.465 e. The summed E-state index contributed by atoms with van der Waals surface area (Å²) in [5.41, 5.74) is 3.13. The van der Waals surface area contributed by atoms with Crippen molar-refractivity contribution in [2.45, 2.75) is 44.1 Å². The SMILES string of the molecule is O=C(O)N1CCC(c2ncnc3cc(N4CCCC4)ccc23)(N2CCCC2)CC1. The Hall–Kier alpha value is -2.41. The predicted molar refractivity (Wildman–Crippen MR) is 112 cm³/mol. The first kappa shape index (κ1) is 18.6. The number of nitrogens with zero attached hydrogens (tertiary/aromatic N) is 5. The number of piperidine rings is 1. The first-order valence-corrected chi connectivity index (χ1v) is 10.9. The van der Waals surface area contributed by atoms with Gasteiger partial charge in [-0.15, -0.1) is 0 Å². The van der Waals surface area contributed by atoms with Gasteiger partial charge in [-0.1, -0.05) is 0 Å². The van der Waals surface area contributed by atoms with Crippen LogP contribution >= 0.6 is 0 Å². The number of hydrogen-bond donors (Lipinski definition) is 1. The molecule has 1 aromatic heterocycles. The fraction of sp³-hybridized carbons (Fsp3) is 0.591. The maximum absolute atomic E-state index is 11.5. The van der Waals surface area contributed by atoms with E-state index in [1.54, 1.807) is 11.2 Å². The van der Waals surface area contributed by atoms with Crippen LogP contribution in [0.15, 0.2) is 24.5 Å². The van der Waals surface area contributed by atoms with E-state index in [1.165, 1.54) is 31.4 Å².